The van der Waals surface area contributed by atoms with Crippen LogP contribution in [0.4, 0.5) is 0 Å². The molecule has 0 radical (unpaired) electrons. The van der Waals surface area contributed by atoms with Crippen molar-refractivity contribution in [2.75, 3.05) is 32.8 Å². The van der Waals surface area contributed by atoms with E-state index in [0.29, 0.717) is 18.0 Å². The fourth-order valence-corrected chi connectivity index (χ4v) is 5.35. The molecule has 1 fully saturated rings. The molecule has 164 valence electrons. The molecule has 3 aromatic heterocycles. The first-order chi connectivity index (χ1) is 15.7. The number of ether oxygens (including phenoxy) is 1. The molecule has 0 aliphatic carbocycles. The molecule has 0 bridgehead atoms. The largest absolute Gasteiger partial charge is 0.395 e. The van der Waals surface area contributed by atoms with E-state index in [1.165, 1.54) is 16.9 Å². The summed E-state index contributed by atoms with van der Waals surface area (Å²) in [5.41, 5.74) is 3.11. The summed E-state index contributed by atoms with van der Waals surface area (Å²) in [6.07, 6.45) is 3.36. The molecule has 7 nitrogen and oxygen atoms in total. The number of aliphatic hydroxyl groups is 1. The SMILES string of the molecule is O=C(NCCO)c1sc2ncccc2c1[C@H]1CN(Cc2ccnc3ccccc23)CCO1. The maximum Gasteiger partial charge on any atom is 0.261 e. The van der Waals surface area contributed by atoms with Crippen LogP contribution in [0.3, 0.4) is 0 Å². The average molecular weight is 449 g/mol. The lowest BCUT2D eigenvalue weighted by molar-refractivity contribution is -0.0322. The van der Waals surface area contributed by atoms with Gasteiger partial charge in [-0.15, -0.1) is 11.3 Å². The third kappa shape index (κ3) is 4.10. The first-order valence-electron chi connectivity index (χ1n) is 10.7. The fourth-order valence-electron chi connectivity index (χ4n) is 4.24. The number of rotatable bonds is 6. The Hall–Kier alpha value is -2.91. The van der Waals surface area contributed by atoms with Crippen molar-refractivity contribution in [3.8, 4) is 0 Å². The highest BCUT2D eigenvalue weighted by Gasteiger charge is 2.30. The van der Waals surface area contributed by atoms with Crippen LogP contribution in [0.1, 0.15) is 26.9 Å². The van der Waals surface area contributed by atoms with Gasteiger partial charge in [0.1, 0.15) is 9.71 Å². The smallest absolute Gasteiger partial charge is 0.261 e. The van der Waals surface area contributed by atoms with Crippen LogP contribution < -0.4 is 5.32 Å². The third-order valence-electron chi connectivity index (χ3n) is 5.71. The highest BCUT2D eigenvalue weighted by atomic mass is 32.1. The Morgan fingerprint density at radius 2 is 2.03 bits per heavy atom. The van der Waals surface area contributed by atoms with Crippen molar-refractivity contribution >= 4 is 38.4 Å². The maximum absolute atomic E-state index is 12.8. The van der Waals surface area contributed by atoms with Crippen LogP contribution in [0.5, 0.6) is 0 Å². The van der Waals surface area contributed by atoms with Gasteiger partial charge in [-0.25, -0.2) is 4.98 Å². The van der Waals surface area contributed by atoms with Gasteiger partial charge >= 0.3 is 0 Å². The molecule has 4 heterocycles. The molecule has 0 saturated carbocycles. The third-order valence-corrected chi connectivity index (χ3v) is 6.84. The van der Waals surface area contributed by atoms with Gasteiger partial charge < -0.3 is 15.2 Å². The Morgan fingerprint density at radius 3 is 2.94 bits per heavy atom. The van der Waals surface area contributed by atoms with Crippen molar-refractivity contribution in [2.45, 2.75) is 12.6 Å². The minimum atomic E-state index is -0.232. The Morgan fingerprint density at radius 1 is 1.16 bits per heavy atom. The summed E-state index contributed by atoms with van der Waals surface area (Å²) in [5, 5.41) is 14.0. The van der Waals surface area contributed by atoms with Crippen molar-refractivity contribution in [1.82, 2.24) is 20.2 Å². The number of carbonyl (C=O) groups excluding carboxylic acids is 1. The summed E-state index contributed by atoms with van der Waals surface area (Å²) >= 11 is 1.37. The van der Waals surface area contributed by atoms with Crippen LogP contribution >= 0.6 is 11.3 Å². The number of nitrogens with zero attached hydrogens (tertiary/aromatic N) is 3. The van der Waals surface area contributed by atoms with Gasteiger partial charge in [0.05, 0.1) is 24.8 Å². The molecule has 4 aromatic rings. The van der Waals surface area contributed by atoms with Crippen molar-refractivity contribution in [3.63, 3.8) is 0 Å². The molecule has 1 atom stereocenters. The van der Waals surface area contributed by atoms with Gasteiger partial charge in [0.15, 0.2) is 0 Å². The molecule has 0 unspecified atom stereocenters. The standard InChI is InChI=1S/C24H24N4O3S/c29-12-10-26-23(30)22-21(18-5-3-8-27-24(18)32-22)20-15-28(11-13-31-20)14-16-7-9-25-19-6-2-1-4-17(16)19/h1-9,20,29H,10-15H2,(H,26,30)/t20-/m1/s1. The van der Waals surface area contributed by atoms with Gasteiger partial charge in [-0.3, -0.25) is 14.7 Å². The topological polar surface area (TPSA) is 87.6 Å². The van der Waals surface area contributed by atoms with Crippen LogP contribution in [0.25, 0.3) is 21.1 Å². The van der Waals surface area contributed by atoms with E-state index in [1.807, 2.05) is 36.5 Å². The van der Waals surface area contributed by atoms with E-state index in [2.05, 4.69) is 32.3 Å². The minimum absolute atomic E-state index is 0.0994. The quantitative estimate of drug-likeness (QED) is 0.471. The highest BCUT2D eigenvalue weighted by Crippen LogP contribution is 2.37. The zero-order chi connectivity index (χ0) is 21.9. The van der Waals surface area contributed by atoms with E-state index < -0.39 is 0 Å². The predicted molar refractivity (Wildman–Crippen MR) is 125 cm³/mol. The molecule has 5 rings (SSSR count). The summed E-state index contributed by atoms with van der Waals surface area (Å²) in [6, 6.07) is 14.1. The zero-order valence-electron chi connectivity index (χ0n) is 17.5. The van der Waals surface area contributed by atoms with Gasteiger partial charge in [0, 0.05) is 54.9 Å². The molecular weight excluding hydrogens is 424 g/mol. The summed E-state index contributed by atoms with van der Waals surface area (Å²) in [7, 11) is 0. The lowest BCUT2D eigenvalue weighted by Gasteiger charge is -2.33. The van der Waals surface area contributed by atoms with Crippen molar-refractivity contribution < 1.29 is 14.6 Å². The number of carbonyl (C=O) groups is 1. The van der Waals surface area contributed by atoms with Crippen molar-refractivity contribution in [2.24, 2.45) is 0 Å². The number of amides is 1. The van der Waals surface area contributed by atoms with Crippen LogP contribution in [0, 0.1) is 0 Å². The van der Waals surface area contributed by atoms with E-state index in [-0.39, 0.29) is 25.2 Å². The molecule has 1 aromatic carbocycles. The van der Waals surface area contributed by atoms with Crippen LogP contribution in [-0.2, 0) is 11.3 Å². The Balaban J connectivity index is 1.44. The molecule has 2 N–H and O–H groups in total. The number of hydrogen-bond donors (Lipinski definition) is 2. The van der Waals surface area contributed by atoms with Crippen molar-refractivity contribution in [1.29, 1.82) is 0 Å². The Labute approximate surface area is 189 Å². The number of aromatic nitrogens is 2. The molecule has 1 aliphatic rings. The number of morpholine rings is 1. The fraction of sp³-hybridized carbons (Fsp3) is 0.292. The summed E-state index contributed by atoms with van der Waals surface area (Å²) in [6.45, 7) is 2.99. The molecular formula is C24H24N4O3S. The van der Waals surface area contributed by atoms with E-state index in [9.17, 15) is 4.79 Å². The lowest BCUT2D eigenvalue weighted by atomic mass is 10.0. The van der Waals surface area contributed by atoms with E-state index in [4.69, 9.17) is 9.84 Å². The second-order valence-electron chi connectivity index (χ2n) is 7.76. The number of hydrogen-bond acceptors (Lipinski definition) is 7. The van der Waals surface area contributed by atoms with Crippen molar-refractivity contribution in [3.05, 3.63) is 70.9 Å². The van der Waals surface area contributed by atoms with Gasteiger partial charge in [-0.1, -0.05) is 24.3 Å². The van der Waals surface area contributed by atoms with Crippen LogP contribution in [-0.4, -0.2) is 58.7 Å². The Kier molecular flexibility index (Phi) is 6.09. The number of nitrogens with one attached hydrogen (secondary N) is 1. The molecule has 1 amide bonds. The minimum Gasteiger partial charge on any atom is -0.395 e. The summed E-state index contributed by atoms with van der Waals surface area (Å²) in [5.74, 6) is -0.196. The highest BCUT2D eigenvalue weighted by molar-refractivity contribution is 7.20. The zero-order valence-corrected chi connectivity index (χ0v) is 18.3. The van der Waals surface area contributed by atoms with Gasteiger partial charge in [0.2, 0.25) is 0 Å². The molecule has 0 spiro atoms. The predicted octanol–water partition coefficient (Wildman–Crippen LogP) is 3.14. The number of aliphatic hydroxyl groups excluding tert-OH is 1. The van der Waals surface area contributed by atoms with Gasteiger partial charge in [-0.05, 0) is 23.8 Å². The summed E-state index contributed by atoms with van der Waals surface area (Å²) in [4.78, 5) is 25.6. The Bertz CT molecular complexity index is 1250. The molecule has 1 saturated heterocycles. The second kappa shape index (κ2) is 9.30. The number of para-hydroxylation sites is 1. The van der Waals surface area contributed by atoms with E-state index in [1.54, 1.807) is 6.20 Å². The lowest BCUT2D eigenvalue weighted by Crippen LogP contribution is -2.38. The second-order valence-corrected chi connectivity index (χ2v) is 8.76. The van der Waals surface area contributed by atoms with E-state index in [0.717, 1.165) is 39.8 Å². The molecule has 32 heavy (non-hydrogen) atoms. The summed E-state index contributed by atoms with van der Waals surface area (Å²) < 4.78 is 6.18. The monoisotopic (exact) mass is 448 g/mol. The van der Waals surface area contributed by atoms with Gasteiger partial charge in [0.25, 0.3) is 5.91 Å². The van der Waals surface area contributed by atoms with E-state index >= 15 is 0 Å². The normalized spacial score (nSPS) is 17.1. The number of thiophene rings is 1. The first-order valence-corrected chi connectivity index (χ1v) is 11.5. The molecule has 1 aliphatic heterocycles. The number of pyridine rings is 2. The van der Waals surface area contributed by atoms with Crippen LogP contribution in [0.15, 0.2) is 54.9 Å². The number of benzene rings is 1. The van der Waals surface area contributed by atoms with Gasteiger partial charge in [-0.2, -0.15) is 0 Å². The number of fused-ring (bicyclic) bond motifs is 2. The van der Waals surface area contributed by atoms with Crippen LogP contribution in [0.2, 0.25) is 0 Å². The molecule has 8 heteroatoms. The average Bonchev–Trinajstić information content (AvgIpc) is 3.23. The maximum atomic E-state index is 12.8. The first kappa shape index (κ1) is 21.0.